The van der Waals surface area contributed by atoms with Crippen LogP contribution in [0.4, 0.5) is 18.9 Å². The van der Waals surface area contributed by atoms with Gasteiger partial charge in [0.25, 0.3) is 0 Å². The van der Waals surface area contributed by atoms with Gasteiger partial charge in [-0.2, -0.15) is 13.2 Å². The molecule has 1 aliphatic rings. The first kappa shape index (κ1) is 22.7. The van der Waals surface area contributed by atoms with E-state index in [2.05, 4.69) is 0 Å². The number of carbonyl (C=O) groups is 1. The number of carboxylic acids is 1. The molecule has 7 heteroatoms. The molecule has 0 amide bonds. The van der Waals surface area contributed by atoms with E-state index in [1.165, 1.54) is 12.1 Å². The normalized spacial score (nSPS) is 18.3. The molecule has 0 bridgehead atoms. The van der Waals surface area contributed by atoms with E-state index in [0.717, 1.165) is 30.0 Å². The average molecular weight is 455 g/mol. The molecule has 1 aliphatic carbocycles. The predicted octanol–water partition coefficient (Wildman–Crippen LogP) is 6.62. The molecule has 2 atom stereocenters. The highest BCUT2D eigenvalue weighted by atomic mass is 19.4. The fourth-order valence-corrected chi connectivity index (χ4v) is 4.60. The summed E-state index contributed by atoms with van der Waals surface area (Å²) in [5, 5.41) is 9.44. The lowest BCUT2D eigenvalue weighted by Crippen LogP contribution is -2.12. The van der Waals surface area contributed by atoms with Gasteiger partial charge in [-0.15, -0.1) is 0 Å². The molecular weight excluding hydrogens is 431 g/mol. The largest absolute Gasteiger partial charge is 0.489 e. The van der Waals surface area contributed by atoms with Crippen LogP contribution in [-0.2, 0) is 12.8 Å². The Labute approximate surface area is 189 Å². The topological polar surface area (TPSA) is 72.5 Å². The molecular formula is C26H24F3NO3. The van der Waals surface area contributed by atoms with Gasteiger partial charge in [0.05, 0.1) is 11.1 Å². The van der Waals surface area contributed by atoms with Crippen LogP contribution in [0.5, 0.6) is 5.75 Å². The standard InChI is InChI=1S/C26H24F3NO3/c27-26(28,29)18-10-12-24(33-15-16-5-2-1-3-6-16)21(14-18)20-8-4-7-19(20)17-9-11-23(30)22(13-17)25(31)32/h1-3,5-6,9-14,19-20H,4,7-8,15,30H2,(H,31,32). The van der Waals surface area contributed by atoms with Crippen molar-refractivity contribution >= 4 is 11.7 Å². The van der Waals surface area contributed by atoms with E-state index in [4.69, 9.17) is 10.5 Å². The van der Waals surface area contributed by atoms with Crippen LogP contribution in [0.2, 0.25) is 0 Å². The fourth-order valence-electron chi connectivity index (χ4n) is 4.60. The molecule has 172 valence electrons. The summed E-state index contributed by atoms with van der Waals surface area (Å²) >= 11 is 0. The second kappa shape index (κ2) is 9.17. The van der Waals surface area contributed by atoms with Gasteiger partial charge in [-0.3, -0.25) is 0 Å². The van der Waals surface area contributed by atoms with Crippen molar-refractivity contribution < 1.29 is 27.8 Å². The Morgan fingerprint density at radius 2 is 1.73 bits per heavy atom. The minimum Gasteiger partial charge on any atom is -0.489 e. The first-order valence-corrected chi connectivity index (χ1v) is 10.7. The van der Waals surface area contributed by atoms with Crippen LogP contribution < -0.4 is 10.5 Å². The highest BCUT2D eigenvalue weighted by Gasteiger charge is 2.36. The number of benzene rings is 3. The second-order valence-corrected chi connectivity index (χ2v) is 8.32. The van der Waals surface area contributed by atoms with Crippen LogP contribution in [0, 0.1) is 0 Å². The van der Waals surface area contributed by atoms with Gasteiger partial charge in [0.1, 0.15) is 12.4 Å². The fraction of sp³-hybridized carbons (Fsp3) is 0.269. The van der Waals surface area contributed by atoms with E-state index in [0.29, 0.717) is 17.7 Å². The van der Waals surface area contributed by atoms with Gasteiger partial charge < -0.3 is 15.6 Å². The van der Waals surface area contributed by atoms with E-state index in [9.17, 15) is 23.1 Å². The number of alkyl halides is 3. The van der Waals surface area contributed by atoms with Crippen molar-refractivity contribution in [3.63, 3.8) is 0 Å². The molecule has 2 unspecified atom stereocenters. The molecule has 0 radical (unpaired) electrons. The number of rotatable bonds is 6. The summed E-state index contributed by atoms with van der Waals surface area (Å²) in [6.45, 7) is 0.238. The van der Waals surface area contributed by atoms with E-state index >= 15 is 0 Å². The SMILES string of the molecule is Nc1ccc(C2CCCC2c2cc(C(F)(F)F)ccc2OCc2ccccc2)cc1C(=O)O. The number of carboxylic acid groups (broad SMARTS) is 1. The maximum absolute atomic E-state index is 13.5. The molecule has 1 fully saturated rings. The molecule has 0 spiro atoms. The summed E-state index contributed by atoms with van der Waals surface area (Å²) in [5.41, 5.74) is 7.40. The molecule has 3 aromatic carbocycles. The van der Waals surface area contributed by atoms with E-state index < -0.39 is 17.7 Å². The number of halogens is 3. The second-order valence-electron chi connectivity index (χ2n) is 8.32. The lowest BCUT2D eigenvalue weighted by molar-refractivity contribution is -0.137. The predicted molar refractivity (Wildman–Crippen MR) is 119 cm³/mol. The van der Waals surface area contributed by atoms with Crippen molar-refractivity contribution in [2.45, 2.75) is 43.9 Å². The Morgan fingerprint density at radius 3 is 2.42 bits per heavy atom. The summed E-state index contributed by atoms with van der Waals surface area (Å²) in [7, 11) is 0. The Bertz CT molecular complexity index is 1150. The first-order chi connectivity index (χ1) is 15.7. The highest BCUT2D eigenvalue weighted by molar-refractivity contribution is 5.93. The van der Waals surface area contributed by atoms with Gasteiger partial charge in [-0.25, -0.2) is 4.79 Å². The monoisotopic (exact) mass is 455 g/mol. The van der Waals surface area contributed by atoms with E-state index in [1.54, 1.807) is 18.2 Å². The molecule has 4 nitrogen and oxygen atoms in total. The molecule has 0 saturated heterocycles. The molecule has 0 aromatic heterocycles. The van der Waals surface area contributed by atoms with Gasteiger partial charge in [-0.05, 0) is 71.7 Å². The minimum absolute atomic E-state index is 0.00254. The molecule has 33 heavy (non-hydrogen) atoms. The van der Waals surface area contributed by atoms with E-state index in [-0.39, 0.29) is 29.7 Å². The summed E-state index contributed by atoms with van der Waals surface area (Å²) in [6.07, 6.45) is -2.24. The van der Waals surface area contributed by atoms with Crippen LogP contribution in [-0.4, -0.2) is 11.1 Å². The lowest BCUT2D eigenvalue weighted by Gasteiger charge is -2.25. The first-order valence-electron chi connectivity index (χ1n) is 10.7. The highest BCUT2D eigenvalue weighted by Crippen LogP contribution is 2.50. The van der Waals surface area contributed by atoms with Crippen LogP contribution in [0.1, 0.15) is 63.7 Å². The zero-order valence-corrected chi connectivity index (χ0v) is 17.8. The van der Waals surface area contributed by atoms with Crippen LogP contribution >= 0.6 is 0 Å². The van der Waals surface area contributed by atoms with Crippen molar-refractivity contribution in [2.24, 2.45) is 0 Å². The molecule has 3 N–H and O–H groups in total. The Balaban J connectivity index is 1.71. The quantitative estimate of drug-likeness (QED) is 0.410. The number of aromatic carboxylic acids is 1. The summed E-state index contributed by atoms with van der Waals surface area (Å²) < 4.78 is 46.6. The zero-order valence-electron chi connectivity index (χ0n) is 17.8. The Morgan fingerprint density at radius 1 is 1.00 bits per heavy atom. The lowest BCUT2D eigenvalue weighted by atomic mass is 9.82. The average Bonchev–Trinajstić information content (AvgIpc) is 3.27. The van der Waals surface area contributed by atoms with Crippen LogP contribution in [0.25, 0.3) is 0 Å². The molecule has 0 heterocycles. The summed E-state index contributed by atoms with van der Waals surface area (Å²) in [6, 6.07) is 17.9. The maximum Gasteiger partial charge on any atom is 0.416 e. The van der Waals surface area contributed by atoms with Gasteiger partial charge >= 0.3 is 12.1 Å². The van der Waals surface area contributed by atoms with Crippen molar-refractivity contribution in [1.82, 2.24) is 0 Å². The number of nitrogens with two attached hydrogens (primary N) is 1. The number of ether oxygens (including phenoxy) is 1. The molecule has 1 saturated carbocycles. The summed E-state index contributed by atoms with van der Waals surface area (Å²) in [4.78, 5) is 11.5. The van der Waals surface area contributed by atoms with Crippen LogP contribution in [0.15, 0.2) is 66.7 Å². The third-order valence-corrected chi connectivity index (χ3v) is 6.23. The van der Waals surface area contributed by atoms with Gasteiger partial charge in [0, 0.05) is 5.69 Å². The third-order valence-electron chi connectivity index (χ3n) is 6.23. The number of hydrogen-bond acceptors (Lipinski definition) is 3. The third kappa shape index (κ3) is 4.97. The number of nitrogen functional groups attached to an aromatic ring is 1. The van der Waals surface area contributed by atoms with Crippen molar-refractivity contribution in [1.29, 1.82) is 0 Å². The zero-order chi connectivity index (χ0) is 23.6. The van der Waals surface area contributed by atoms with Gasteiger partial charge in [0.15, 0.2) is 0 Å². The van der Waals surface area contributed by atoms with Crippen molar-refractivity contribution in [3.05, 3.63) is 94.5 Å². The van der Waals surface area contributed by atoms with Gasteiger partial charge in [-0.1, -0.05) is 42.8 Å². The Hall–Kier alpha value is -3.48. The Kier molecular flexibility index (Phi) is 6.31. The number of hydrogen-bond donors (Lipinski definition) is 2. The number of anilines is 1. The van der Waals surface area contributed by atoms with Crippen molar-refractivity contribution in [3.8, 4) is 5.75 Å². The minimum atomic E-state index is -4.47. The molecule has 3 aromatic rings. The molecule has 0 aliphatic heterocycles. The van der Waals surface area contributed by atoms with E-state index in [1.807, 2.05) is 30.3 Å². The van der Waals surface area contributed by atoms with Gasteiger partial charge in [0.2, 0.25) is 0 Å². The molecule has 4 rings (SSSR count). The maximum atomic E-state index is 13.5. The smallest absolute Gasteiger partial charge is 0.416 e. The van der Waals surface area contributed by atoms with Crippen LogP contribution in [0.3, 0.4) is 0 Å². The summed E-state index contributed by atoms with van der Waals surface area (Å²) in [5.74, 6) is -1.08. The van der Waals surface area contributed by atoms with Crippen molar-refractivity contribution in [2.75, 3.05) is 5.73 Å².